The minimum absolute atomic E-state index is 0.335. The third kappa shape index (κ3) is 7.19. The summed E-state index contributed by atoms with van der Waals surface area (Å²) in [4.78, 5) is 14.3. The Morgan fingerprint density at radius 1 is 0.769 bits per heavy atom. The summed E-state index contributed by atoms with van der Waals surface area (Å²) in [6, 6.07) is 9.56. The third-order valence-electron chi connectivity index (χ3n) is 6.29. The van der Waals surface area contributed by atoms with Gasteiger partial charge in [0.05, 0.1) is 6.54 Å². The molecule has 1 atom stereocenters. The Labute approximate surface area is 241 Å². The maximum atomic E-state index is 4.85. The number of hydrogen-bond donors (Lipinski definition) is 1. The highest BCUT2D eigenvalue weighted by molar-refractivity contribution is 7.18. The van der Waals surface area contributed by atoms with Crippen LogP contribution < -0.4 is 15.1 Å². The molecule has 1 aliphatic rings. The van der Waals surface area contributed by atoms with Crippen LogP contribution >= 0.6 is 22.7 Å². The molecular formula is C28H43N9S2. The van der Waals surface area contributed by atoms with Crippen LogP contribution in [0.25, 0.3) is 0 Å². The number of anilines is 2. The van der Waals surface area contributed by atoms with Crippen molar-refractivity contribution in [1.29, 1.82) is 0 Å². The van der Waals surface area contributed by atoms with Crippen molar-refractivity contribution in [2.45, 2.75) is 106 Å². The van der Waals surface area contributed by atoms with E-state index in [4.69, 9.17) is 9.98 Å². The molecule has 9 nitrogen and oxygen atoms in total. The number of aliphatic imine (C=N–C) groups is 2. The van der Waals surface area contributed by atoms with Crippen LogP contribution in [0.4, 0.5) is 15.4 Å². The van der Waals surface area contributed by atoms with Gasteiger partial charge in [0.1, 0.15) is 16.7 Å². The lowest BCUT2D eigenvalue weighted by molar-refractivity contribution is 0.558. The quantitative estimate of drug-likeness (QED) is 0.291. The molecule has 1 aromatic carbocycles. The summed E-state index contributed by atoms with van der Waals surface area (Å²) < 4.78 is 0. The van der Waals surface area contributed by atoms with Gasteiger partial charge in [-0.05, 0) is 54.9 Å². The molecule has 0 bridgehead atoms. The number of benzene rings is 1. The van der Waals surface area contributed by atoms with Crippen molar-refractivity contribution in [3.63, 3.8) is 0 Å². The first-order valence-electron chi connectivity index (χ1n) is 13.9. The number of rotatable bonds is 10. The number of nitrogens with zero attached hydrogens (tertiary/aromatic N) is 8. The summed E-state index contributed by atoms with van der Waals surface area (Å²) in [6.45, 7) is 21.9. The van der Waals surface area contributed by atoms with Crippen molar-refractivity contribution in [2.24, 2.45) is 9.98 Å². The van der Waals surface area contributed by atoms with Gasteiger partial charge in [-0.3, -0.25) is 4.99 Å². The summed E-state index contributed by atoms with van der Waals surface area (Å²) in [5.74, 6) is 1.52. The average molecular weight is 570 g/mol. The summed E-state index contributed by atoms with van der Waals surface area (Å²) in [5, 5.41) is 24.4. The fourth-order valence-electron chi connectivity index (χ4n) is 4.52. The standard InChI is InChI=1S/C26H37N9S2.C2H6/c1-9-18(8)35(17(6)7)26-33-31-24(37-26)29-23-20-13-11-10-12-19(20)22(28-23)27-14-21-30-32-25(36-21)34(15(2)3)16(4)5;1-2/h10-13,15-18H,9,14H2,1-8H3,(H,27,28,29,31);1-2H3. The third-order valence-corrected chi connectivity index (χ3v) is 8.04. The Morgan fingerprint density at radius 2 is 1.33 bits per heavy atom. The first kappa shape index (κ1) is 30.6. The van der Waals surface area contributed by atoms with Crippen LogP contribution in [0.1, 0.15) is 91.8 Å². The van der Waals surface area contributed by atoms with E-state index >= 15 is 0 Å². The van der Waals surface area contributed by atoms with Crippen LogP contribution in [0.2, 0.25) is 0 Å². The number of aromatic nitrogens is 4. The van der Waals surface area contributed by atoms with Gasteiger partial charge >= 0.3 is 0 Å². The van der Waals surface area contributed by atoms with Crippen molar-refractivity contribution < 1.29 is 0 Å². The normalized spacial score (nSPS) is 15.5. The molecule has 2 aromatic heterocycles. The van der Waals surface area contributed by atoms with E-state index < -0.39 is 0 Å². The second-order valence-electron chi connectivity index (χ2n) is 9.99. The van der Waals surface area contributed by atoms with Crippen LogP contribution in [-0.4, -0.2) is 56.2 Å². The molecule has 3 heterocycles. The lowest BCUT2D eigenvalue weighted by Gasteiger charge is -2.31. The van der Waals surface area contributed by atoms with Gasteiger partial charge in [-0.2, -0.15) is 4.99 Å². The number of hydrogen-bond acceptors (Lipinski definition) is 10. The zero-order chi connectivity index (χ0) is 28.7. The molecule has 0 aliphatic carbocycles. The molecule has 3 aromatic rings. The summed E-state index contributed by atoms with van der Waals surface area (Å²) in [5.41, 5.74) is 2.02. The summed E-state index contributed by atoms with van der Waals surface area (Å²) >= 11 is 3.11. The van der Waals surface area contributed by atoms with E-state index in [0.717, 1.165) is 44.5 Å². The molecule has 1 aliphatic heterocycles. The van der Waals surface area contributed by atoms with E-state index in [1.165, 1.54) is 11.3 Å². The Kier molecular flexibility index (Phi) is 10.9. The zero-order valence-corrected chi connectivity index (χ0v) is 26.6. The first-order chi connectivity index (χ1) is 18.7. The smallest absolute Gasteiger partial charge is 0.235 e. The molecule has 1 unspecified atom stereocenters. The number of fused-ring (bicyclic) bond motifs is 1. The summed E-state index contributed by atoms with van der Waals surface area (Å²) in [7, 11) is 0. The van der Waals surface area contributed by atoms with Crippen LogP contribution in [-0.2, 0) is 6.54 Å². The van der Waals surface area contributed by atoms with Crippen molar-refractivity contribution in [3.05, 3.63) is 40.4 Å². The van der Waals surface area contributed by atoms with E-state index in [-0.39, 0.29) is 0 Å². The minimum atomic E-state index is 0.335. The van der Waals surface area contributed by atoms with Gasteiger partial charge in [0.25, 0.3) is 0 Å². The molecular weight excluding hydrogens is 527 g/mol. The second-order valence-corrected chi connectivity index (χ2v) is 12.0. The van der Waals surface area contributed by atoms with Crippen LogP contribution in [0.15, 0.2) is 34.3 Å². The Bertz CT molecular complexity index is 1250. The highest BCUT2D eigenvalue weighted by atomic mass is 32.1. The molecule has 0 saturated heterocycles. The van der Waals surface area contributed by atoms with E-state index in [0.29, 0.717) is 35.8 Å². The molecule has 0 fully saturated rings. The Morgan fingerprint density at radius 3 is 1.92 bits per heavy atom. The summed E-state index contributed by atoms with van der Waals surface area (Å²) in [6.07, 6.45) is 1.04. The lowest BCUT2D eigenvalue weighted by Crippen LogP contribution is -2.38. The average Bonchev–Trinajstić information content (AvgIpc) is 3.64. The van der Waals surface area contributed by atoms with Gasteiger partial charge in [0.15, 0.2) is 0 Å². The minimum Gasteiger partial charge on any atom is -0.342 e. The fourth-order valence-corrected chi connectivity index (χ4v) is 6.51. The maximum absolute atomic E-state index is 4.85. The van der Waals surface area contributed by atoms with Crippen molar-refractivity contribution in [2.75, 3.05) is 9.80 Å². The van der Waals surface area contributed by atoms with Crippen LogP contribution in [0.3, 0.4) is 0 Å². The predicted molar refractivity (Wildman–Crippen MR) is 167 cm³/mol. The van der Waals surface area contributed by atoms with E-state index in [1.54, 1.807) is 11.3 Å². The van der Waals surface area contributed by atoms with E-state index in [1.807, 2.05) is 26.0 Å². The van der Waals surface area contributed by atoms with E-state index in [9.17, 15) is 0 Å². The number of amidine groups is 2. The highest BCUT2D eigenvalue weighted by Crippen LogP contribution is 2.31. The van der Waals surface area contributed by atoms with Gasteiger partial charge in [-0.15, -0.1) is 20.4 Å². The molecule has 0 spiro atoms. The van der Waals surface area contributed by atoms with Crippen molar-refractivity contribution in [3.8, 4) is 0 Å². The molecule has 11 heteroatoms. The monoisotopic (exact) mass is 569 g/mol. The van der Waals surface area contributed by atoms with Gasteiger partial charge in [0, 0.05) is 35.3 Å². The maximum Gasteiger partial charge on any atom is 0.235 e. The number of nitrogens with one attached hydrogen (secondary N) is 1. The molecule has 212 valence electrons. The Hall–Kier alpha value is -2.92. The predicted octanol–water partition coefficient (Wildman–Crippen LogP) is 6.68. The highest BCUT2D eigenvalue weighted by Gasteiger charge is 2.25. The molecule has 0 saturated carbocycles. The van der Waals surface area contributed by atoms with Gasteiger partial charge < -0.3 is 15.1 Å². The molecule has 1 N–H and O–H groups in total. The molecule has 0 radical (unpaired) electrons. The lowest BCUT2D eigenvalue weighted by atomic mass is 10.1. The first-order valence-corrected chi connectivity index (χ1v) is 15.5. The van der Waals surface area contributed by atoms with Crippen LogP contribution in [0.5, 0.6) is 0 Å². The van der Waals surface area contributed by atoms with Gasteiger partial charge in [0.2, 0.25) is 15.4 Å². The van der Waals surface area contributed by atoms with Gasteiger partial charge in [-0.25, -0.2) is 0 Å². The van der Waals surface area contributed by atoms with Gasteiger partial charge in [-0.1, -0.05) is 67.7 Å². The second kappa shape index (κ2) is 13.9. The SMILES string of the molecule is CC.CCC(C)N(c1nnc(/N=C2\NC(=NCc3nnc(N(C(C)C)C(C)C)s3)c3ccccc32)s1)C(C)C. The van der Waals surface area contributed by atoms with Crippen molar-refractivity contribution >= 4 is 49.7 Å². The topological polar surface area (TPSA) is 94.8 Å². The fraction of sp³-hybridized carbons (Fsp3) is 0.571. The molecule has 4 rings (SSSR count). The van der Waals surface area contributed by atoms with Crippen molar-refractivity contribution in [1.82, 2.24) is 25.7 Å². The zero-order valence-electron chi connectivity index (χ0n) is 24.9. The van der Waals surface area contributed by atoms with Crippen LogP contribution in [0, 0.1) is 0 Å². The Balaban J connectivity index is 0.00000205. The largest absolute Gasteiger partial charge is 0.342 e. The molecule has 0 amide bonds. The molecule has 39 heavy (non-hydrogen) atoms. The van der Waals surface area contributed by atoms with E-state index in [2.05, 4.69) is 103 Å².